The van der Waals surface area contributed by atoms with Gasteiger partial charge >= 0.3 is 0 Å². The lowest BCUT2D eigenvalue weighted by molar-refractivity contribution is -0.119. The second-order valence-electron chi connectivity index (χ2n) is 8.51. The molecule has 0 bridgehead atoms. The molecule has 0 saturated carbocycles. The van der Waals surface area contributed by atoms with Crippen molar-refractivity contribution in [2.24, 2.45) is 18.9 Å². The normalized spacial score (nSPS) is 17.3. The highest BCUT2D eigenvalue weighted by molar-refractivity contribution is 5.92. The molecule has 7 nitrogen and oxygen atoms in total. The van der Waals surface area contributed by atoms with Crippen molar-refractivity contribution in [3.05, 3.63) is 30.2 Å². The molecule has 1 saturated heterocycles. The summed E-state index contributed by atoms with van der Waals surface area (Å²) in [6.45, 7) is 9.99. The maximum absolute atomic E-state index is 11.6. The van der Waals surface area contributed by atoms with Crippen LogP contribution in [0.3, 0.4) is 0 Å². The zero-order valence-electron chi connectivity index (χ0n) is 17.8. The van der Waals surface area contributed by atoms with Crippen LogP contribution in [0.4, 0.5) is 0 Å². The summed E-state index contributed by atoms with van der Waals surface area (Å²) in [6, 6.07) is 4.17. The van der Waals surface area contributed by atoms with Crippen LogP contribution >= 0.6 is 0 Å². The topological polar surface area (TPSA) is 74.0 Å². The number of hydrogen-bond donors (Lipinski definition) is 1. The quantitative estimate of drug-likeness (QED) is 0.667. The Morgan fingerprint density at radius 3 is 2.70 bits per heavy atom. The number of ether oxygens (including phenoxy) is 1. The van der Waals surface area contributed by atoms with E-state index in [-0.39, 0.29) is 25.4 Å². The number of aryl methyl sites for hydroxylation is 2. The maximum Gasteiger partial charge on any atom is 0.220 e. The van der Waals surface area contributed by atoms with Gasteiger partial charge in [-0.15, -0.1) is 0 Å². The molecule has 1 aliphatic heterocycles. The number of nitrogens with one attached hydrogen (secondary N) is 1. The van der Waals surface area contributed by atoms with Gasteiger partial charge in [-0.3, -0.25) is 14.2 Å². The Balaban J connectivity index is 0.00000256. The van der Waals surface area contributed by atoms with Gasteiger partial charge < -0.3 is 10.1 Å². The zero-order valence-corrected chi connectivity index (χ0v) is 17.8. The molecule has 1 N–H and O–H groups in total. The highest BCUT2D eigenvalue weighted by Gasteiger charge is 2.28. The van der Waals surface area contributed by atoms with Crippen LogP contribution in [0.25, 0.3) is 22.0 Å². The number of rotatable bonds is 6. The lowest BCUT2D eigenvalue weighted by Gasteiger charge is -2.20. The first kappa shape index (κ1) is 21.9. The summed E-state index contributed by atoms with van der Waals surface area (Å²) in [6.07, 6.45) is 4.41. The third kappa shape index (κ3) is 4.20. The van der Waals surface area contributed by atoms with Gasteiger partial charge in [0.25, 0.3) is 0 Å². The first-order valence-electron chi connectivity index (χ1n) is 10.3. The minimum Gasteiger partial charge on any atom is -0.490 e. The fraction of sp³-hybridized carbons (Fsp3) is 0.522. The van der Waals surface area contributed by atoms with Gasteiger partial charge in [0.15, 0.2) is 0 Å². The molecule has 1 amide bonds. The standard InChI is InChI=1S/C22H29N5O2.CH4/c1-13(2)11-27-12-18(10-24-27)16-6-19-22(14(3)26(5)25-19)20(7-16)29-15(4)17-8-21(28)23-9-17;/h6-7,10,12-13,15,17H,8-9,11H2,1-5H3,(H,23,28);1H4/t15-,17-;/m1./s1. The van der Waals surface area contributed by atoms with Gasteiger partial charge in [-0.05, 0) is 37.5 Å². The van der Waals surface area contributed by atoms with Crippen LogP contribution in [0.5, 0.6) is 5.75 Å². The SMILES string of the molecule is C.Cc1c2c(O[C@H](C)[C@H]3CNC(=O)C3)cc(-c3cnn(CC(C)C)c3)cc2nn1C. The Bertz CT molecular complexity index is 1050. The number of amides is 1. The predicted octanol–water partition coefficient (Wildman–Crippen LogP) is 3.94. The summed E-state index contributed by atoms with van der Waals surface area (Å²) in [5.74, 6) is 1.61. The first-order chi connectivity index (χ1) is 13.8. The number of aromatic nitrogens is 4. The first-order valence-corrected chi connectivity index (χ1v) is 10.3. The average Bonchev–Trinajstić information content (AvgIpc) is 3.35. The monoisotopic (exact) mass is 411 g/mol. The van der Waals surface area contributed by atoms with E-state index in [4.69, 9.17) is 4.74 Å². The van der Waals surface area contributed by atoms with Gasteiger partial charge in [0.05, 0.1) is 17.1 Å². The second-order valence-corrected chi connectivity index (χ2v) is 8.51. The van der Waals surface area contributed by atoms with E-state index in [2.05, 4.69) is 47.7 Å². The van der Waals surface area contributed by atoms with E-state index in [0.29, 0.717) is 18.9 Å². The number of carbonyl (C=O) groups is 1. The fourth-order valence-electron chi connectivity index (χ4n) is 3.94. The van der Waals surface area contributed by atoms with Crippen molar-refractivity contribution in [1.82, 2.24) is 24.9 Å². The molecule has 0 aliphatic carbocycles. The van der Waals surface area contributed by atoms with Crippen molar-refractivity contribution in [1.29, 1.82) is 0 Å². The molecule has 0 spiro atoms. The van der Waals surface area contributed by atoms with E-state index in [1.54, 1.807) is 0 Å². The third-order valence-electron chi connectivity index (χ3n) is 5.69. The van der Waals surface area contributed by atoms with Crippen LogP contribution in [0.15, 0.2) is 24.5 Å². The molecule has 3 heterocycles. The van der Waals surface area contributed by atoms with E-state index < -0.39 is 0 Å². The number of fused-ring (bicyclic) bond motifs is 1. The summed E-state index contributed by atoms with van der Waals surface area (Å²) < 4.78 is 10.3. The molecule has 162 valence electrons. The van der Waals surface area contributed by atoms with E-state index >= 15 is 0 Å². The molecule has 1 aliphatic rings. The predicted molar refractivity (Wildman–Crippen MR) is 119 cm³/mol. The van der Waals surface area contributed by atoms with Crippen LogP contribution in [-0.4, -0.2) is 38.1 Å². The van der Waals surface area contributed by atoms with E-state index in [1.807, 2.05) is 36.5 Å². The van der Waals surface area contributed by atoms with Crippen molar-refractivity contribution in [2.45, 2.75) is 54.2 Å². The minimum atomic E-state index is -0.0735. The Morgan fingerprint density at radius 2 is 2.03 bits per heavy atom. The largest absolute Gasteiger partial charge is 0.490 e. The molecule has 2 atom stereocenters. The molecule has 4 rings (SSSR count). The number of hydrogen-bond acceptors (Lipinski definition) is 4. The summed E-state index contributed by atoms with van der Waals surface area (Å²) in [5.41, 5.74) is 4.05. The summed E-state index contributed by atoms with van der Waals surface area (Å²) in [7, 11) is 1.95. The Kier molecular flexibility index (Phi) is 6.19. The lowest BCUT2D eigenvalue weighted by Crippen LogP contribution is -2.25. The minimum absolute atomic E-state index is 0. The molecule has 3 aromatic rings. The van der Waals surface area contributed by atoms with Crippen molar-refractivity contribution in [3.8, 4) is 16.9 Å². The highest BCUT2D eigenvalue weighted by atomic mass is 16.5. The summed E-state index contributed by atoms with van der Waals surface area (Å²) in [5, 5.41) is 13.1. The molecular formula is C23H33N5O2. The Hall–Kier alpha value is -2.83. The van der Waals surface area contributed by atoms with Crippen LogP contribution in [-0.2, 0) is 18.4 Å². The van der Waals surface area contributed by atoms with Crippen molar-refractivity contribution in [3.63, 3.8) is 0 Å². The van der Waals surface area contributed by atoms with Gasteiger partial charge in [0.2, 0.25) is 5.91 Å². The molecular weight excluding hydrogens is 378 g/mol. The van der Waals surface area contributed by atoms with Crippen molar-refractivity contribution >= 4 is 16.8 Å². The van der Waals surface area contributed by atoms with Crippen LogP contribution < -0.4 is 10.1 Å². The molecule has 1 aromatic carbocycles. The molecule has 30 heavy (non-hydrogen) atoms. The van der Waals surface area contributed by atoms with Crippen molar-refractivity contribution in [2.75, 3.05) is 6.54 Å². The number of benzene rings is 1. The lowest BCUT2D eigenvalue weighted by atomic mass is 10.0. The molecule has 7 heteroatoms. The van der Waals surface area contributed by atoms with Crippen LogP contribution in [0.1, 0.15) is 40.3 Å². The number of nitrogens with zero attached hydrogens (tertiary/aromatic N) is 4. The van der Waals surface area contributed by atoms with Gasteiger partial charge in [-0.2, -0.15) is 10.2 Å². The fourth-order valence-corrected chi connectivity index (χ4v) is 3.94. The maximum atomic E-state index is 11.6. The molecule has 2 aromatic heterocycles. The van der Waals surface area contributed by atoms with Gasteiger partial charge in [0.1, 0.15) is 11.9 Å². The average molecular weight is 412 g/mol. The highest BCUT2D eigenvalue weighted by Crippen LogP contribution is 2.35. The Morgan fingerprint density at radius 1 is 1.27 bits per heavy atom. The molecule has 0 unspecified atom stereocenters. The summed E-state index contributed by atoms with van der Waals surface area (Å²) >= 11 is 0. The molecule has 0 radical (unpaired) electrons. The third-order valence-corrected chi connectivity index (χ3v) is 5.69. The van der Waals surface area contributed by atoms with Gasteiger partial charge in [-0.1, -0.05) is 21.3 Å². The smallest absolute Gasteiger partial charge is 0.220 e. The zero-order chi connectivity index (χ0) is 20.7. The van der Waals surface area contributed by atoms with Crippen LogP contribution in [0, 0.1) is 18.8 Å². The van der Waals surface area contributed by atoms with E-state index in [9.17, 15) is 4.79 Å². The van der Waals surface area contributed by atoms with Crippen molar-refractivity contribution < 1.29 is 9.53 Å². The second kappa shape index (κ2) is 8.50. The van der Waals surface area contributed by atoms with Gasteiger partial charge in [0, 0.05) is 49.9 Å². The Labute approximate surface area is 178 Å². The van der Waals surface area contributed by atoms with E-state index in [1.165, 1.54) is 0 Å². The van der Waals surface area contributed by atoms with Crippen LogP contribution in [0.2, 0.25) is 0 Å². The van der Waals surface area contributed by atoms with Gasteiger partial charge in [-0.25, -0.2) is 0 Å². The number of carbonyl (C=O) groups excluding carboxylic acids is 1. The van der Waals surface area contributed by atoms with E-state index in [0.717, 1.165) is 40.0 Å². The summed E-state index contributed by atoms with van der Waals surface area (Å²) in [4.78, 5) is 11.6. The molecule has 1 fully saturated rings.